The molecule has 0 aromatic carbocycles. The summed E-state index contributed by atoms with van der Waals surface area (Å²) in [5.41, 5.74) is 0. The van der Waals surface area contributed by atoms with Crippen molar-refractivity contribution in [1.82, 2.24) is 0 Å². The molecule has 0 N–H and O–H groups in total. The van der Waals surface area contributed by atoms with E-state index in [2.05, 4.69) is 11.6 Å². The zero-order chi connectivity index (χ0) is 8.48. The summed E-state index contributed by atoms with van der Waals surface area (Å²) in [6, 6.07) is 0. The molecule has 0 radical (unpaired) electrons. The van der Waals surface area contributed by atoms with Gasteiger partial charge in [-0.05, 0) is 18.0 Å². The highest BCUT2D eigenvalue weighted by Crippen LogP contribution is 2.34. The third-order valence-corrected chi connectivity index (χ3v) is 2.91. The fraction of sp³-hybridized carbons (Fsp3) is 0.833. The van der Waals surface area contributed by atoms with E-state index in [1.165, 1.54) is 11.8 Å². The maximum atomic E-state index is 12.0. The van der Waals surface area contributed by atoms with Gasteiger partial charge in [0.05, 0.1) is 0 Å². The second-order valence-electron chi connectivity index (χ2n) is 2.48. The van der Waals surface area contributed by atoms with Crippen LogP contribution in [0.2, 0.25) is 0 Å². The lowest BCUT2D eigenvalue weighted by Gasteiger charge is -2.23. The first-order chi connectivity index (χ1) is 4.99. The molecule has 1 saturated heterocycles. The van der Waals surface area contributed by atoms with Gasteiger partial charge in [0, 0.05) is 18.1 Å². The minimum atomic E-state index is -3.14. The van der Waals surface area contributed by atoms with E-state index >= 15 is 0 Å². The highest BCUT2D eigenvalue weighted by Gasteiger charge is 2.33. The molecule has 1 unspecified atom stereocenters. The lowest BCUT2D eigenvalue weighted by atomic mass is 10.1. The summed E-state index contributed by atoms with van der Waals surface area (Å²) in [7, 11) is 0. The maximum absolute atomic E-state index is 12.0. The molecule has 0 aromatic rings. The third kappa shape index (κ3) is 2.95. The average molecular weight is 201 g/mol. The van der Waals surface area contributed by atoms with Gasteiger partial charge in [-0.25, -0.2) is 0 Å². The number of thioether (sulfide) groups is 1. The van der Waals surface area contributed by atoms with Gasteiger partial charge in [-0.3, -0.25) is 4.79 Å². The third-order valence-electron chi connectivity index (χ3n) is 1.54. The van der Waals surface area contributed by atoms with Crippen molar-refractivity contribution >= 4 is 28.5 Å². The fourth-order valence-corrected chi connectivity index (χ4v) is 1.74. The molecule has 1 fully saturated rings. The molecule has 1 rings (SSSR count). The Morgan fingerprint density at radius 2 is 2.36 bits per heavy atom. The van der Waals surface area contributed by atoms with Crippen molar-refractivity contribution < 1.29 is 13.6 Å². The summed E-state index contributed by atoms with van der Waals surface area (Å²) < 4.78 is 24.0. The van der Waals surface area contributed by atoms with Gasteiger partial charge in [0.15, 0.2) is 5.12 Å². The van der Waals surface area contributed by atoms with E-state index in [0.29, 0.717) is 5.75 Å². The first kappa shape index (κ1) is 9.26. The molecule has 1 aliphatic heterocycles. The highest BCUT2D eigenvalue weighted by atomic mass is 35.5. The van der Waals surface area contributed by atoms with Crippen molar-refractivity contribution in [3.63, 3.8) is 0 Å². The van der Waals surface area contributed by atoms with Crippen LogP contribution in [0.5, 0.6) is 0 Å². The van der Waals surface area contributed by atoms with Crippen molar-refractivity contribution in [1.29, 1.82) is 0 Å². The Morgan fingerprint density at radius 1 is 1.73 bits per heavy atom. The summed E-state index contributed by atoms with van der Waals surface area (Å²) in [4.78, 5) is 10.6. The topological polar surface area (TPSA) is 17.1 Å². The van der Waals surface area contributed by atoms with Gasteiger partial charge in [0.25, 0.3) is 0 Å². The van der Waals surface area contributed by atoms with Crippen molar-refractivity contribution in [3.8, 4) is 0 Å². The van der Waals surface area contributed by atoms with Gasteiger partial charge in [-0.1, -0.05) is 11.8 Å². The second-order valence-corrected chi connectivity index (χ2v) is 4.06. The smallest absolute Gasteiger partial charge is 0.287 e. The minimum absolute atomic E-state index is 0.0194. The van der Waals surface area contributed by atoms with Crippen LogP contribution in [0.4, 0.5) is 8.78 Å². The van der Waals surface area contributed by atoms with Gasteiger partial charge in [0.2, 0.25) is 0 Å². The lowest BCUT2D eigenvalue weighted by Crippen LogP contribution is -2.26. The molecule has 11 heavy (non-hydrogen) atoms. The maximum Gasteiger partial charge on any atom is 0.321 e. The molecule has 5 heteroatoms. The van der Waals surface area contributed by atoms with Crippen LogP contribution in [0.1, 0.15) is 12.8 Å². The van der Waals surface area contributed by atoms with Crippen molar-refractivity contribution in [2.45, 2.75) is 18.2 Å². The Kier molecular flexibility index (Phi) is 2.75. The summed E-state index contributed by atoms with van der Waals surface area (Å²) >= 11 is 5.85. The monoisotopic (exact) mass is 200 g/mol. The van der Waals surface area contributed by atoms with E-state index in [1.807, 2.05) is 0 Å². The van der Waals surface area contributed by atoms with E-state index in [1.54, 1.807) is 0 Å². The zero-order valence-corrected chi connectivity index (χ0v) is 7.22. The Labute approximate surface area is 72.5 Å². The van der Waals surface area contributed by atoms with Crippen LogP contribution < -0.4 is 0 Å². The summed E-state index contributed by atoms with van der Waals surface area (Å²) in [5.74, 6) is 0.496. The number of hydrogen-bond acceptors (Lipinski definition) is 2. The minimum Gasteiger partial charge on any atom is -0.287 e. The van der Waals surface area contributed by atoms with E-state index in [4.69, 9.17) is 0 Å². The number of carbonyl (C=O) groups is 1. The fourth-order valence-electron chi connectivity index (χ4n) is 0.808. The lowest BCUT2D eigenvalue weighted by molar-refractivity contribution is -0.115. The van der Waals surface area contributed by atoms with Crippen LogP contribution in [0, 0.1) is 5.92 Å². The molecule has 1 aliphatic rings. The number of halogens is 3. The molecule has 0 spiro atoms. The van der Waals surface area contributed by atoms with Gasteiger partial charge in [-0.15, -0.1) is 0 Å². The van der Waals surface area contributed by atoms with E-state index < -0.39 is 11.8 Å². The number of hydrogen-bond donors (Lipinski definition) is 0. The normalized spacial score (nSPS) is 25.0. The van der Waals surface area contributed by atoms with Gasteiger partial charge >= 0.3 is 5.38 Å². The predicted molar refractivity (Wildman–Crippen MR) is 41.0 cm³/mol. The molecule has 0 aliphatic carbocycles. The van der Waals surface area contributed by atoms with E-state index in [9.17, 15) is 13.6 Å². The molecular formula is C6H7ClF2OS. The van der Waals surface area contributed by atoms with Crippen LogP contribution in [0.15, 0.2) is 0 Å². The largest absolute Gasteiger partial charge is 0.321 e. The van der Waals surface area contributed by atoms with E-state index in [-0.39, 0.29) is 17.5 Å². The first-order valence-electron chi connectivity index (χ1n) is 3.22. The van der Waals surface area contributed by atoms with Crippen LogP contribution >= 0.6 is 23.4 Å². The van der Waals surface area contributed by atoms with Gasteiger partial charge in [0.1, 0.15) is 0 Å². The molecule has 1 nitrogen and oxygen atoms in total. The standard InChI is InChI=1S/C6H7ClF2OS/c7-6(8,9)2-1-4-3-11-5(4)10/h4H,1-3H2. The second kappa shape index (κ2) is 3.27. The van der Waals surface area contributed by atoms with E-state index in [0.717, 1.165) is 0 Å². The Bertz CT molecular complexity index is 168. The van der Waals surface area contributed by atoms with Crippen molar-refractivity contribution in [3.05, 3.63) is 0 Å². The quantitative estimate of drug-likeness (QED) is 0.652. The van der Waals surface area contributed by atoms with Crippen molar-refractivity contribution in [2.24, 2.45) is 5.92 Å². The highest BCUT2D eigenvalue weighted by molar-refractivity contribution is 8.15. The Morgan fingerprint density at radius 3 is 2.64 bits per heavy atom. The number of rotatable bonds is 3. The first-order valence-corrected chi connectivity index (χ1v) is 4.59. The zero-order valence-electron chi connectivity index (χ0n) is 5.65. The SMILES string of the molecule is O=C1SCC1CCC(F)(F)Cl. The molecular weight excluding hydrogens is 194 g/mol. The Balaban J connectivity index is 2.17. The summed E-state index contributed by atoms with van der Waals surface area (Å²) in [6.45, 7) is 0. The van der Waals surface area contributed by atoms with Crippen LogP contribution in [-0.4, -0.2) is 16.2 Å². The van der Waals surface area contributed by atoms with Gasteiger partial charge in [-0.2, -0.15) is 8.78 Å². The Hall–Kier alpha value is 0.170. The van der Waals surface area contributed by atoms with Crippen LogP contribution in [0.25, 0.3) is 0 Å². The average Bonchev–Trinajstić information content (AvgIpc) is 1.82. The van der Waals surface area contributed by atoms with Crippen LogP contribution in [0.3, 0.4) is 0 Å². The molecule has 1 heterocycles. The predicted octanol–water partition coefficient (Wildman–Crippen LogP) is 2.49. The number of alkyl halides is 3. The molecule has 0 amide bonds. The summed E-state index contributed by atoms with van der Waals surface area (Å²) in [5, 5.41) is -3.12. The molecule has 1 atom stereocenters. The summed E-state index contributed by atoms with van der Waals surface area (Å²) in [6.07, 6.45) is -0.187. The number of carbonyl (C=O) groups excluding carboxylic acids is 1. The van der Waals surface area contributed by atoms with Gasteiger partial charge < -0.3 is 0 Å². The molecule has 0 bridgehead atoms. The van der Waals surface area contributed by atoms with Crippen molar-refractivity contribution in [2.75, 3.05) is 5.75 Å². The molecule has 0 aromatic heterocycles. The molecule has 0 saturated carbocycles. The molecule has 64 valence electrons. The van der Waals surface area contributed by atoms with Crippen LogP contribution in [-0.2, 0) is 4.79 Å².